The van der Waals surface area contributed by atoms with Gasteiger partial charge in [0, 0.05) is 25.6 Å². The Labute approximate surface area is 127 Å². The van der Waals surface area contributed by atoms with Crippen molar-refractivity contribution < 1.29 is 14.7 Å². The third-order valence-corrected chi connectivity index (χ3v) is 4.13. The average Bonchev–Trinajstić information content (AvgIpc) is 2.38. The molecule has 0 aromatic heterocycles. The predicted molar refractivity (Wildman–Crippen MR) is 82.3 cm³/mol. The maximum Gasteiger partial charge on any atom is 0.317 e. The Morgan fingerprint density at radius 2 is 1.90 bits per heavy atom. The highest BCUT2D eigenvalue weighted by Gasteiger charge is 2.25. The predicted octanol–water partition coefficient (Wildman–Crippen LogP) is 1.61. The van der Waals surface area contributed by atoms with E-state index in [0.717, 1.165) is 32.5 Å². The number of carbonyl (C=O) groups is 2. The molecule has 0 saturated carbocycles. The number of carbonyl (C=O) groups excluding carboxylic acids is 1. The summed E-state index contributed by atoms with van der Waals surface area (Å²) in [6, 6.07) is -0.121. The summed E-state index contributed by atoms with van der Waals surface area (Å²) in [5.74, 6) is -0.281. The van der Waals surface area contributed by atoms with Gasteiger partial charge in [-0.3, -0.25) is 4.79 Å². The molecule has 122 valence electrons. The Balaban J connectivity index is 2.37. The molecule has 0 aromatic carbocycles. The van der Waals surface area contributed by atoms with Crippen molar-refractivity contribution in [3.05, 3.63) is 0 Å². The van der Waals surface area contributed by atoms with Crippen molar-refractivity contribution in [2.75, 3.05) is 33.7 Å². The van der Waals surface area contributed by atoms with E-state index in [0.29, 0.717) is 12.3 Å². The first-order chi connectivity index (χ1) is 9.69. The molecular weight excluding hydrogens is 270 g/mol. The standard InChI is InChI=1S/C15H29N3O3/c1-15(2,8-5-13(19)20)16-14(21)18(4)11-12-6-9-17(3)10-7-12/h12H,5-11H2,1-4H3,(H,16,21)(H,19,20). The van der Waals surface area contributed by atoms with Crippen LogP contribution in [0.2, 0.25) is 0 Å². The van der Waals surface area contributed by atoms with Crippen molar-refractivity contribution in [1.82, 2.24) is 15.1 Å². The average molecular weight is 299 g/mol. The first-order valence-corrected chi connectivity index (χ1v) is 7.63. The van der Waals surface area contributed by atoms with Crippen molar-refractivity contribution in [2.24, 2.45) is 5.92 Å². The van der Waals surface area contributed by atoms with E-state index in [1.54, 1.807) is 11.9 Å². The molecule has 0 aliphatic carbocycles. The van der Waals surface area contributed by atoms with Crippen LogP contribution in [-0.4, -0.2) is 66.2 Å². The van der Waals surface area contributed by atoms with E-state index in [9.17, 15) is 9.59 Å². The van der Waals surface area contributed by atoms with Gasteiger partial charge in [-0.2, -0.15) is 0 Å². The van der Waals surface area contributed by atoms with Crippen LogP contribution >= 0.6 is 0 Å². The minimum atomic E-state index is -0.836. The van der Waals surface area contributed by atoms with Crippen LogP contribution in [0.3, 0.4) is 0 Å². The Kier molecular flexibility index (Phi) is 6.45. The number of hydrogen-bond donors (Lipinski definition) is 2. The Bertz CT molecular complexity index is 363. The minimum Gasteiger partial charge on any atom is -0.481 e. The zero-order valence-corrected chi connectivity index (χ0v) is 13.7. The van der Waals surface area contributed by atoms with Crippen LogP contribution in [0.25, 0.3) is 0 Å². The van der Waals surface area contributed by atoms with Gasteiger partial charge in [0.25, 0.3) is 0 Å². The number of nitrogens with zero attached hydrogens (tertiary/aromatic N) is 2. The van der Waals surface area contributed by atoms with Crippen molar-refractivity contribution in [2.45, 2.75) is 45.1 Å². The molecule has 6 heteroatoms. The summed E-state index contributed by atoms with van der Waals surface area (Å²) in [5, 5.41) is 11.7. The third-order valence-electron chi connectivity index (χ3n) is 4.13. The molecule has 2 N–H and O–H groups in total. The van der Waals surface area contributed by atoms with Crippen molar-refractivity contribution in [3.63, 3.8) is 0 Å². The molecule has 1 aliphatic rings. The van der Waals surface area contributed by atoms with Crippen molar-refractivity contribution >= 4 is 12.0 Å². The fourth-order valence-electron chi connectivity index (χ4n) is 2.58. The summed E-state index contributed by atoms with van der Waals surface area (Å²) in [4.78, 5) is 26.9. The van der Waals surface area contributed by atoms with E-state index in [2.05, 4.69) is 17.3 Å². The van der Waals surface area contributed by atoms with E-state index in [1.807, 2.05) is 13.8 Å². The van der Waals surface area contributed by atoms with Crippen LogP contribution in [0.15, 0.2) is 0 Å². The Morgan fingerprint density at radius 1 is 1.33 bits per heavy atom. The maximum absolute atomic E-state index is 12.2. The molecule has 1 aliphatic heterocycles. The van der Waals surface area contributed by atoms with Gasteiger partial charge in [0.2, 0.25) is 0 Å². The van der Waals surface area contributed by atoms with E-state index >= 15 is 0 Å². The molecule has 21 heavy (non-hydrogen) atoms. The molecular formula is C15H29N3O3. The third kappa shape index (κ3) is 6.80. The zero-order valence-electron chi connectivity index (χ0n) is 13.7. The van der Waals surface area contributed by atoms with Crippen molar-refractivity contribution in [1.29, 1.82) is 0 Å². The topological polar surface area (TPSA) is 72.9 Å². The second kappa shape index (κ2) is 7.64. The number of hydrogen-bond acceptors (Lipinski definition) is 3. The highest BCUT2D eigenvalue weighted by molar-refractivity contribution is 5.75. The quantitative estimate of drug-likeness (QED) is 0.781. The minimum absolute atomic E-state index is 0.0615. The second-order valence-corrected chi connectivity index (χ2v) is 6.83. The lowest BCUT2D eigenvalue weighted by Crippen LogP contribution is -2.50. The first-order valence-electron chi connectivity index (χ1n) is 7.63. The lowest BCUT2D eigenvalue weighted by atomic mass is 9.96. The van der Waals surface area contributed by atoms with Gasteiger partial charge in [-0.25, -0.2) is 4.79 Å². The fraction of sp³-hybridized carbons (Fsp3) is 0.867. The van der Waals surface area contributed by atoms with Crippen LogP contribution in [0.1, 0.15) is 39.5 Å². The molecule has 2 amide bonds. The van der Waals surface area contributed by atoms with E-state index < -0.39 is 11.5 Å². The SMILES string of the molecule is CN1CCC(CN(C)C(=O)NC(C)(C)CCC(=O)O)CC1. The smallest absolute Gasteiger partial charge is 0.317 e. The van der Waals surface area contributed by atoms with Crippen LogP contribution < -0.4 is 5.32 Å². The van der Waals surface area contributed by atoms with Gasteiger partial charge < -0.3 is 20.2 Å². The largest absolute Gasteiger partial charge is 0.481 e. The molecule has 1 saturated heterocycles. The summed E-state index contributed by atoms with van der Waals surface area (Å²) < 4.78 is 0. The van der Waals surface area contributed by atoms with Gasteiger partial charge in [0.05, 0.1) is 0 Å². The number of carboxylic acid groups (broad SMARTS) is 1. The number of carboxylic acids is 1. The first kappa shape index (κ1) is 17.8. The summed E-state index contributed by atoms with van der Waals surface area (Å²) in [6.45, 7) is 6.65. The summed E-state index contributed by atoms with van der Waals surface area (Å²) in [7, 11) is 3.93. The number of nitrogens with one attached hydrogen (secondary N) is 1. The van der Waals surface area contributed by atoms with Gasteiger partial charge in [-0.1, -0.05) is 0 Å². The number of aliphatic carboxylic acids is 1. The number of rotatable bonds is 6. The molecule has 0 radical (unpaired) electrons. The maximum atomic E-state index is 12.2. The normalized spacial score (nSPS) is 17.5. The molecule has 0 atom stereocenters. The summed E-state index contributed by atoms with van der Waals surface area (Å²) in [5.41, 5.74) is -0.503. The number of urea groups is 1. The highest BCUT2D eigenvalue weighted by Crippen LogP contribution is 2.17. The fourth-order valence-corrected chi connectivity index (χ4v) is 2.58. The Hall–Kier alpha value is -1.30. The van der Waals surface area contributed by atoms with Gasteiger partial charge in [0.15, 0.2) is 0 Å². The molecule has 0 spiro atoms. The highest BCUT2D eigenvalue weighted by atomic mass is 16.4. The molecule has 1 fully saturated rings. The van der Waals surface area contributed by atoms with E-state index in [1.165, 1.54) is 0 Å². The number of likely N-dealkylation sites (tertiary alicyclic amines) is 1. The van der Waals surface area contributed by atoms with Crippen LogP contribution in [-0.2, 0) is 4.79 Å². The van der Waals surface area contributed by atoms with Crippen LogP contribution in [0.5, 0.6) is 0 Å². The van der Waals surface area contributed by atoms with Gasteiger partial charge in [-0.15, -0.1) is 0 Å². The second-order valence-electron chi connectivity index (χ2n) is 6.83. The Morgan fingerprint density at radius 3 is 2.43 bits per heavy atom. The molecule has 0 aromatic rings. The lowest BCUT2D eigenvalue weighted by Gasteiger charge is -2.33. The molecule has 0 unspecified atom stereocenters. The van der Waals surface area contributed by atoms with Crippen LogP contribution in [0, 0.1) is 5.92 Å². The monoisotopic (exact) mass is 299 g/mol. The van der Waals surface area contributed by atoms with Crippen LogP contribution in [0.4, 0.5) is 4.79 Å². The van der Waals surface area contributed by atoms with Crippen molar-refractivity contribution in [3.8, 4) is 0 Å². The summed E-state index contributed by atoms with van der Waals surface area (Å²) >= 11 is 0. The van der Waals surface area contributed by atoms with Gasteiger partial charge in [0.1, 0.15) is 0 Å². The molecule has 6 nitrogen and oxygen atoms in total. The number of amides is 2. The summed E-state index contributed by atoms with van der Waals surface area (Å²) in [6.07, 6.45) is 2.73. The van der Waals surface area contributed by atoms with Gasteiger partial charge in [-0.05, 0) is 59.2 Å². The zero-order chi connectivity index (χ0) is 16.0. The van der Waals surface area contributed by atoms with Gasteiger partial charge >= 0.3 is 12.0 Å². The number of piperidine rings is 1. The lowest BCUT2D eigenvalue weighted by molar-refractivity contribution is -0.137. The molecule has 0 bridgehead atoms. The van der Waals surface area contributed by atoms with E-state index in [-0.39, 0.29) is 12.5 Å². The van der Waals surface area contributed by atoms with E-state index in [4.69, 9.17) is 5.11 Å². The molecule has 1 rings (SSSR count). The molecule has 1 heterocycles.